The molecule has 0 radical (unpaired) electrons. The fourth-order valence-electron chi connectivity index (χ4n) is 1.83. The molecule has 2 rings (SSSR count). The first-order valence-electron chi connectivity index (χ1n) is 6.52. The van der Waals surface area contributed by atoms with Gasteiger partial charge in [-0.15, -0.1) is 0 Å². The molecule has 0 fully saturated rings. The van der Waals surface area contributed by atoms with Crippen LogP contribution in [0.5, 0.6) is 11.5 Å². The lowest BCUT2D eigenvalue weighted by Crippen LogP contribution is -2.01. The number of benzene rings is 2. The van der Waals surface area contributed by atoms with Gasteiger partial charge in [0.25, 0.3) is 0 Å². The third-order valence-electron chi connectivity index (χ3n) is 2.85. The van der Waals surface area contributed by atoms with Crippen LogP contribution in [0.1, 0.15) is 18.1 Å². The maximum atomic E-state index is 13.2. The molecule has 0 bridgehead atoms. The molecule has 112 valence electrons. The molecule has 0 N–H and O–H groups in total. The molecule has 0 aromatic heterocycles. The highest BCUT2D eigenvalue weighted by atomic mass is 79.9. The Morgan fingerprint density at radius 3 is 2.62 bits per heavy atom. The minimum Gasteiger partial charge on any atom is -0.490 e. The van der Waals surface area contributed by atoms with E-state index in [4.69, 9.17) is 21.1 Å². The summed E-state index contributed by atoms with van der Waals surface area (Å²) in [5, 5.41) is 1.22. The Bertz CT molecular complexity index is 619. The summed E-state index contributed by atoms with van der Waals surface area (Å²) in [6, 6.07) is 9.92. The summed E-state index contributed by atoms with van der Waals surface area (Å²) < 4.78 is 24.5. The standard InChI is InChI=1S/C16H15BrClFO2/c1-2-20-16-7-11(9-17)3-6-15(16)21-10-12-8-13(19)4-5-14(12)18/h3-8H,2,9-10H2,1H3. The highest BCUT2D eigenvalue weighted by Crippen LogP contribution is 2.30. The lowest BCUT2D eigenvalue weighted by Gasteiger charge is -2.13. The van der Waals surface area contributed by atoms with Crippen LogP contribution in [-0.2, 0) is 11.9 Å². The largest absolute Gasteiger partial charge is 0.490 e. The van der Waals surface area contributed by atoms with Gasteiger partial charge in [0, 0.05) is 15.9 Å². The van der Waals surface area contributed by atoms with E-state index in [1.807, 2.05) is 25.1 Å². The van der Waals surface area contributed by atoms with Crippen molar-refractivity contribution < 1.29 is 13.9 Å². The average molecular weight is 374 g/mol. The Labute approximate surface area is 137 Å². The van der Waals surface area contributed by atoms with Crippen molar-refractivity contribution in [1.82, 2.24) is 0 Å². The van der Waals surface area contributed by atoms with Gasteiger partial charge in [-0.2, -0.15) is 0 Å². The second kappa shape index (κ2) is 7.66. The molecule has 5 heteroatoms. The van der Waals surface area contributed by atoms with Crippen molar-refractivity contribution in [1.29, 1.82) is 0 Å². The van der Waals surface area contributed by atoms with Crippen LogP contribution in [0, 0.1) is 5.82 Å². The summed E-state index contributed by atoms with van der Waals surface area (Å²) in [5.74, 6) is 0.946. The summed E-state index contributed by atoms with van der Waals surface area (Å²) in [7, 11) is 0. The maximum Gasteiger partial charge on any atom is 0.161 e. The summed E-state index contributed by atoms with van der Waals surface area (Å²) >= 11 is 9.43. The topological polar surface area (TPSA) is 18.5 Å². The number of rotatable bonds is 6. The van der Waals surface area contributed by atoms with Gasteiger partial charge in [-0.1, -0.05) is 33.6 Å². The van der Waals surface area contributed by atoms with E-state index < -0.39 is 0 Å². The number of hydrogen-bond acceptors (Lipinski definition) is 2. The molecule has 2 nitrogen and oxygen atoms in total. The number of alkyl halides is 1. The first-order valence-corrected chi connectivity index (χ1v) is 8.02. The molecular formula is C16H15BrClFO2. The smallest absolute Gasteiger partial charge is 0.161 e. The van der Waals surface area contributed by atoms with E-state index >= 15 is 0 Å². The Balaban J connectivity index is 2.17. The van der Waals surface area contributed by atoms with Gasteiger partial charge in [-0.25, -0.2) is 4.39 Å². The van der Waals surface area contributed by atoms with Crippen LogP contribution in [0.2, 0.25) is 5.02 Å². The van der Waals surface area contributed by atoms with Gasteiger partial charge in [-0.3, -0.25) is 0 Å². The number of halogens is 3. The molecule has 0 atom stereocenters. The molecule has 2 aromatic carbocycles. The fraction of sp³-hybridized carbons (Fsp3) is 0.250. The van der Waals surface area contributed by atoms with Gasteiger partial charge in [0.15, 0.2) is 11.5 Å². The van der Waals surface area contributed by atoms with Crippen molar-refractivity contribution in [2.24, 2.45) is 0 Å². The van der Waals surface area contributed by atoms with Crippen LogP contribution in [0.25, 0.3) is 0 Å². The molecule has 0 saturated heterocycles. The highest BCUT2D eigenvalue weighted by molar-refractivity contribution is 9.08. The Hall–Kier alpha value is -1.26. The summed E-state index contributed by atoms with van der Waals surface area (Å²) in [5.41, 5.74) is 1.69. The third kappa shape index (κ3) is 4.35. The zero-order valence-corrected chi connectivity index (χ0v) is 13.9. The van der Waals surface area contributed by atoms with Crippen LogP contribution in [0.3, 0.4) is 0 Å². The van der Waals surface area contributed by atoms with Crippen molar-refractivity contribution in [2.75, 3.05) is 6.61 Å². The molecule has 0 spiro atoms. The van der Waals surface area contributed by atoms with Crippen LogP contribution in [0.15, 0.2) is 36.4 Å². The van der Waals surface area contributed by atoms with Crippen molar-refractivity contribution >= 4 is 27.5 Å². The van der Waals surface area contributed by atoms with Crippen LogP contribution >= 0.6 is 27.5 Å². The van der Waals surface area contributed by atoms with E-state index in [1.165, 1.54) is 18.2 Å². The molecular weight excluding hydrogens is 359 g/mol. The summed E-state index contributed by atoms with van der Waals surface area (Å²) in [6.45, 7) is 2.64. The van der Waals surface area contributed by atoms with E-state index in [-0.39, 0.29) is 12.4 Å². The van der Waals surface area contributed by atoms with E-state index in [1.54, 1.807) is 0 Å². The first-order chi connectivity index (χ1) is 10.1. The van der Waals surface area contributed by atoms with E-state index in [0.717, 1.165) is 10.9 Å². The predicted octanol–water partition coefficient (Wildman–Crippen LogP) is 5.35. The summed E-state index contributed by atoms with van der Waals surface area (Å²) in [6.07, 6.45) is 0. The highest BCUT2D eigenvalue weighted by Gasteiger charge is 2.08. The predicted molar refractivity (Wildman–Crippen MR) is 86.0 cm³/mol. The van der Waals surface area contributed by atoms with Crippen molar-refractivity contribution in [2.45, 2.75) is 18.9 Å². The molecule has 0 amide bonds. The quantitative estimate of drug-likeness (QED) is 0.635. The van der Waals surface area contributed by atoms with Gasteiger partial charge in [-0.05, 0) is 42.8 Å². The minimum atomic E-state index is -0.335. The molecule has 0 aliphatic rings. The Morgan fingerprint density at radius 2 is 1.90 bits per heavy atom. The van der Waals surface area contributed by atoms with Gasteiger partial charge < -0.3 is 9.47 Å². The lowest BCUT2D eigenvalue weighted by atomic mass is 10.2. The van der Waals surface area contributed by atoms with E-state index in [2.05, 4.69) is 15.9 Å². The molecule has 0 unspecified atom stereocenters. The van der Waals surface area contributed by atoms with Crippen molar-refractivity contribution in [3.63, 3.8) is 0 Å². The van der Waals surface area contributed by atoms with E-state index in [0.29, 0.717) is 28.7 Å². The average Bonchev–Trinajstić information content (AvgIpc) is 2.49. The van der Waals surface area contributed by atoms with Gasteiger partial charge in [0.2, 0.25) is 0 Å². The zero-order chi connectivity index (χ0) is 15.2. The van der Waals surface area contributed by atoms with Crippen LogP contribution in [0.4, 0.5) is 4.39 Å². The van der Waals surface area contributed by atoms with Crippen LogP contribution < -0.4 is 9.47 Å². The summed E-state index contributed by atoms with van der Waals surface area (Å²) in [4.78, 5) is 0. The molecule has 21 heavy (non-hydrogen) atoms. The lowest BCUT2D eigenvalue weighted by molar-refractivity contribution is 0.269. The molecule has 0 aliphatic carbocycles. The van der Waals surface area contributed by atoms with Crippen LogP contribution in [-0.4, -0.2) is 6.61 Å². The number of hydrogen-bond donors (Lipinski definition) is 0. The third-order valence-corrected chi connectivity index (χ3v) is 3.87. The zero-order valence-electron chi connectivity index (χ0n) is 11.5. The Kier molecular flexibility index (Phi) is 5.88. The maximum absolute atomic E-state index is 13.2. The molecule has 2 aromatic rings. The monoisotopic (exact) mass is 372 g/mol. The second-order valence-electron chi connectivity index (χ2n) is 4.37. The molecule has 0 saturated carbocycles. The molecule has 0 aliphatic heterocycles. The van der Waals surface area contributed by atoms with Crippen molar-refractivity contribution in [3.8, 4) is 11.5 Å². The van der Waals surface area contributed by atoms with Gasteiger partial charge >= 0.3 is 0 Å². The second-order valence-corrected chi connectivity index (χ2v) is 5.34. The molecule has 0 heterocycles. The normalized spacial score (nSPS) is 10.5. The Morgan fingerprint density at radius 1 is 1.10 bits per heavy atom. The first kappa shape index (κ1) is 16.1. The van der Waals surface area contributed by atoms with E-state index in [9.17, 15) is 4.39 Å². The van der Waals surface area contributed by atoms with Gasteiger partial charge in [0.1, 0.15) is 12.4 Å². The van der Waals surface area contributed by atoms with Gasteiger partial charge in [0.05, 0.1) is 6.61 Å². The SMILES string of the molecule is CCOc1cc(CBr)ccc1OCc1cc(F)ccc1Cl. The minimum absolute atomic E-state index is 0.185. The van der Waals surface area contributed by atoms with Crippen molar-refractivity contribution in [3.05, 3.63) is 58.4 Å². The number of ether oxygens (including phenoxy) is 2. The fourth-order valence-corrected chi connectivity index (χ4v) is 2.35.